The summed E-state index contributed by atoms with van der Waals surface area (Å²) in [5.74, 6) is 0.681. The molecular weight excluding hydrogens is 340 g/mol. The van der Waals surface area contributed by atoms with Gasteiger partial charge < -0.3 is 15.4 Å². The van der Waals surface area contributed by atoms with Crippen molar-refractivity contribution in [1.29, 1.82) is 0 Å². The maximum absolute atomic E-state index is 12.1. The highest BCUT2D eigenvalue weighted by atomic mass is 16.5. The van der Waals surface area contributed by atoms with Gasteiger partial charge in [-0.3, -0.25) is 0 Å². The Hall–Kier alpha value is -3.41. The first-order valence-electron chi connectivity index (χ1n) is 8.77. The third-order valence-electron chi connectivity index (χ3n) is 3.98. The summed E-state index contributed by atoms with van der Waals surface area (Å²) in [7, 11) is 0. The van der Waals surface area contributed by atoms with E-state index < -0.39 is 0 Å². The second-order valence-electron chi connectivity index (χ2n) is 6.10. The Balaban J connectivity index is 1.83. The molecule has 0 fully saturated rings. The lowest BCUT2D eigenvalue weighted by Gasteiger charge is -2.12. The Kier molecular flexibility index (Phi) is 5.66. The number of nitrogens with one attached hydrogen (secondary N) is 2. The zero-order valence-electron chi connectivity index (χ0n) is 15.6. The van der Waals surface area contributed by atoms with Gasteiger partial charge >= 0.3 is 5.97 Å². The molecule has 1 heterocycles. The molecule has 0 saturated heterocycles. The quantitative estimate of drug-likeness (QED) is 0.616. The normalized spacial score (nSPS) is 10.3. The number of nitrogens with zero attached hydrogens (tertiary/aromatic N) is 2. The van der Waals surface area contributed by atoms with Crippen LogP contribution in [0.5, 0.6) is 0 Å². The van der Waals surface area contributed by atoms with Gasteiger partial charge in [0.1, 0.15) is 5.82 Å². The van der Waals surface area contributed by atoms with Crippen LogP contribution in [0.4, 0.5) is 23.1 Å². The molecule has 3 rings (SSSR count). The number of carbonyl (C=O) groups excluding carboxylic acids is 1. The Bertz CT molecular complexity index is 956. The van der Waals surface area contributed by atoms with Gasteiger partial charge in [-0.05, 0) is 56.2 Å². The van der Waals surface area contributed by atoms with Crippen molar-refractivity contribution in [3.05, 3.63) is 71.4 Å². The number of para-hydroxylation sites is 1. The first-order valence-corrected chi connectivity index (χ1v) is 8.77. The summed E-state index contributed by atoms with van der Waals surface area (Å²) in [6.07, 6.45) is 1.66. The molecule has 6 nitrogen and oxygen atoms in total. The molecule has 2 aromatic carbocycles. The van der Waals surface area contributed by atoms with E-state index in [0.29, 0.717) is 29.6 Å². The van der Waals surface area contributed by atoms with E-state index in [-0.39, 0.29) is 5.97 Å². The van der Waals surface area contributed by atoms with Crippen molar-refractivity contribution in [2.45, 2.75) is 20.8 Å². The number of ether oxygens (including phenoxy) is 1. The van der Waals surface area contributed by atoms with Crippen LogP contribution in [0.1, 0.15) is 28.4 Å². The minimum atomic E-state index is -0.372. The van der Waals surface area contributed by atoms with Gasteiger partial charge in [-0.1, -0.05) is 24.3 Å². The van der Waals surface area contributed by atoms with Crippen LogP contribution in [0.2, 0.25) is 0 Å². The van der Waals surface area contributed by atoms with Crippen molar-refractivity contribution in [1.82, 2.24) is 9.97 Å². The number of rotatable bonds is 6. The highest BCUT2D eigenvalue weighted by molar-refractivity contribution is 5.96. The molecule has 0 atom stereocenters. The Morgan fingerprint density at radius 3 is 2.67 bits per heavy atom. The summed E-state index contributed by atoms with van der Waals surface area (Å²) in [5, 5.41) is 6.42. The Morgan fingerprint density at radius 1 is 1.04 bits per heavy atom. The fraction of sp³-hybridized carbons (Fsp3) is 0.190. The molecular formula is C21H22N4O2. The number of aryl methyl sites for hydroxylation is 2. The zero-order valence-corrected chi connectivity index (χ0v) is 15.6. The Morgan fingerprint density at radius 2 is 1.85 bits per heavy atom. The molecule has 0 aliphatic rings. The van der Waals surface area contributed by atoms with Crippen LogP contribution in [0.15, 0.2) is 54.7 Å². The fourth-order valence-electron chi connectivity index (χ4n) is 2.60. The minimum absolute atomic E-state index is 0.324. The van der Waals surface area contributed by atoms with Crippen molar-refractivity contribution in [2.75, 3.05) is 17.2 Å². The van der Waals surface area contributed by atoms with Crippen molar-refractivity contribution < 1.29 is 9.53 Å². The molecule has 0 amide bonds. The molecule has 138 valence electrons. The number of benzene rings is 2. The largest absolute Gasteiger partial charge is 0.462 e. The molecule has 0 spiro atoms. The number of aromatic nitrogens is 2. The van der Waals surface area contributed by atoms with Gasteiger partial charge in [-0.25, -0.2) is 9.78 Å². The molecule has 1 aromatic heterocycles. The van der Waals surface area contributed by atoms with Crippen LogP contribution in [-0.4, -0.2) is 22.5 Å². The highest BCUT2D eigenvalue weighted by Crippen LogP contribution is 2.23. The van der Waals surface area contributed by atoms with Crippen molar-refractivity contribution in [3.8, 4) is 0 Å². The maximum Gasteiger partial charge on any atom is 0.340 e. The van der Waals surface area contributed by atoms with E-state index in [4.69, 9.17) is 4.74 Å². The van der Waals surface area contributed by atoms with Gasteiger partial charge in [0, 0.05) is 11.9 Å². The number of esters is 1. The lowest BCUT2D eigenvalue weighted by molar-refractivity contribution is 0.0527. The molecule has 0 saturated carbocycles. The third kappa shape index (κ3) is 4.61. The van der Waals surface area contributed by atoms with Gasteiger partial charge in [0.15, 0.2) is 0 Å². The highest BCUT2D eigenvalue weighted by Gasteiger charge is 2.12. The van der Waals surface area contributed by atoms with Gasteiger partial charge in [-0.2, -0.15) is 4.98 Å². The molecule has 0 aliphatic carbocycles. The maximum atomic E-state index is 12.1. The third-order valence-corrected chi connectivity index (χ3v) is 3.98. The number of hydrogen-bond acceptors (Lipinski definition) is 6. The molecule has 0 unspecified atom stereocenters. The summed E-state index contributed by atoms with van der Waals surface area (Å²) in [5.41, 5.74) is 4.31. The average Bonchev–Trinajstić information content (AvgIpc) is 2.66. The smallest absolute Gasteiger partial charge is 0.340 e. The van der Waals surface area contributed by atoms with E-state index in [9.17, 15) is 4.79 Å². The standard InChI is InChI=1S/C21H22N4O2/c1-4-27-20(26)16-7-5-6-8-17(16)23-19-11-12-22-21(25-19)24-18-13-14(2)9-10-15(18)3/h5-13H,4H2,1-3H3,(H2,22,23,24,25). The van der Waals surface area contributed by atoms with E-state index in [1.54, 1.807) is 31.3 Å². The van der Waals surface area contributed by atoms with E-state index in [1.165, 1.54) is 0 Å². The average molecular weight is 362 g/mol. The monoisotopic (exact) mass is 362 g/mol. The predicted octanol–water partition coefficient (Wildman–Crippen LogP) is 4.76. The van der Waals surface area contributed by atoms with E-state index in [0.717, 1.165) is 16.8 Å². The zero-order chi connectivity index (χ0) is 19.2. The van der Waals surface area contributed by atoms with Crippen LogP contribution < -0.4 is 10.6 Å². The summed E-state index contributed by atoms with van der Waals surface area (Å²) < 4.78 is 5.11. The van der Waals surface area contributed by atoms with Gasteiger partial charge in [0.2, 0.25) is 5.95 Å². The number of hydrogen-bond donors (Lipinski definition) is 2. The molecule has 6 heteroatoms. The fourth-order valence-corrected chi connectivity index (χ4v) is 2.60. The summed E-state index contributed by atoms with van der Waals surface area (Å²) in [6.45, 7) is 6.17. The van der Waals surface area contributed by atoms with Crippen molar-refractivity contribution in [2.24, 2.45) is 0 Å². The number of carbonyl (C=O) groups is 1. The summed E-state index contributed by atoms with van der Waals surface area (Å²) >= 11 is 0. The van der Waals surface area contributed by atoms with E-state index >= 15 is 0 Å². The summed E-state index contributed by atoms with van der Waals surface area (Å²) in [6, 6.07) is 15.1. The first-order chi connectivity index (χ1) is 13.1. The Labute approximate surface area is 158 Å². The van der Waals surface area contributed by atoms with E-state index in [1.807, 2.05) is 26.0 Å². The van der Waals surface area contributed by atoms with Crippen LogP contribution >= 0.6 is 0 Å². The minimum Gasteiger partial charge on any atom is -0.462 e. The number of anilines is 4. The van der Waals surface area contributed by atoms with Crippen LogP contribution in [0.25, 0.3) is 0 Å². The summed E-state index contributed by atoms with van der Waals surface area (Å²) in [4.78, 5) is 20.9. The van der Waals surface area contributed by atoms with Gasteiger partial charge in [0.05, 0.1) is 17.9 Å². The lowest BCUT2D eigenvalue weighted by Crippen LogP contribution is -2.08. The van der Waals surface area contributed by atoms with Gasteiger partial charge in [-0.15, -0.1) is 0 Å². The molecule has 27 heavy (non-hydrogen) atoms. The molecule has 2 N–H and O–H groups in total. The predicted molar refractivity (Wildman–Crippen MR) is 107 cm³/mol. The molecule has 3 aromatic rings. The second kappa shape index (κ2) is 8.31. The first kappa shape index (κ1) is 18.4. The SMILES string of the molecule is CCOC(=O)c1ccccc1Nc1ccnc(Nc2cc(C)ccc2C)n1. The van der Waals surface area contributed by atoms with Crippen molar-refractivity contribution >= 4 is 29.1 Å². The molecule has 0 radical (unpaired) electrons. The second-order valence-corrected chi connectivity index (χ2v) is 6.10. The van der Waals surface area contributed by atoms with Crippen LogP contribution in [0, 0.1) is 13.8 Å². The van der Waals surface area contributed by atoms with Gasteiger partial charge in [0.25, 0.3) is 0 Å². The molecule has 0 bridgehead atoms. The van der Waals surface area contributed by atoms with Crippen molar-refractivity contribution in [3.63, 3.8) is 0 Å². The van der Waals surface area contributed by atoms with Crippen LogP contribution in [-0.2, 0) is 4.74 Å². The molecule has 0 aliphatic heterocycles. The lowest BCUT2D eigenvalue weighted by atomic mass is 10.1. The van der Waals surface area contributed by atoms with E-state index in [2.05, 4.69) is 38.8 Å². The topological polar surface area (TPSA) is 76.1 Å². The van der Waals surface area contributed by atoms with Crippen LogP contribution in [0.3, 0.4) is 0 Å².